The minimum atomic E-state index is -0.318. The van der Waals surface area contributed by atoms with E-state index in [9.17, 15) is 14.7 Å². The third-order valence-corrected chi connectivity index (χ3v) is 4.54. The van der Waals surface area contributed by atoms with Crippen LogP contribution in [0.25, 0.3) is 0 Å². The van der Waals surface area contributed by atoms with Gasteiger partial charge in [0.25, 0.3) is 0 Å². The lowest BCUT2D eigenvalue weighted by Crippen LogP contribution is -2.52. The fourth-order valence-electron chi connectivity index (χ4n) is 2.99. The molecule has 2 fully saturated rings. The Morgan fingerprint density at radius 3 is 2.48 bits per heavy atom. The van der Waals surface area contributed by atoms with E-state index in [0.29, 0.717) is 13.0 Å². The van der Waals surface area contributed by atoms with E-state index < -0.39 is 0 Å². The maximum absolute atomic E-state index is 12.5. The van der Waals surface area contributed by atoms with Gasteiger partial charge in [0.05, 0.1) is 0 Å². The summed E-state index contributed by atoms with van der Waals surface area (Å²) in [6, 6.07) is -0.393. The Hall–Kier alpha value is -1.10. The van der Waals surface area contributed by atoms with Crippen molar-refractivity contribution >= 4 is 11.8 Å². The summed E-state index contributed by atoms with van der Waals surface area (Å²) < 4.78 is 0. The zero-order valence-electron chi connectivity index (χ0n) is 13.4. The van der Waals surface area contributed by atoms with Crippen LogP contribution in [-0.2, 0) is 9.59 Å². The quantitative estimate of drug-likeness (QED) is 0.803. The van der Waals surface area contributed by atoms with Crippen LogP contribution >= 0.6 is 0 Å². The van der Waals surface area contributed by atoms with Gasteiger partial charge in [-0.05, 0) is 37.5 Å². The number of rotatable bonds is 5. The van der Waals surface area contributed by atoms with Crippen molar-refractivity contribution in [3.05, 3.63) is 0 Å². The zero-order valence-corrected chi connectivity index (χ0v) is 13.4. The molecule has 0 bridgehead atoms. The van der Waals surface area contributed by atoms with Gasteiger partial charge in [0, 0.05) is 25.1 Å². The van der Waals surface area contributed by atoms with Crippen LogP contribution in [0.4, 0.5) is 0 Å². The van der Waals surface area contributed by atoms with Crippen LogP contribution in [0.15, 0.2) is 0 Å². The monoisotopic (exact) mass is 296 g/mol. The molecule has 0 radical (unpaired) electrons. The predicted octanol–water partition coefficient (Wildman–Crippen LogP) is 1.30. The van der Waals surface area contributed by atoms with Crippen molar-refractivity contribution in [3.8, 4) is 0 Å². The average molecular weight is 296 g/mol. The van der Waals surface area contributed by atoms with Crippen molar-refractivity contribution < 1.29 is 14.7 Å². The molecule has 1 heterocycles. The average Bonchev–Trinajstić information content (AvgIpc) is 3.13. The lowest BCUT2D eigenvalue weighted by Gasteiger charge is -2.33. The Morgan fingerprint density at radius 1 is 1.29 bits per heavy atom. The highest BCUT2D eigenvalue weighted by Crippen LogP contribution is 2.34. The predicted molar refractivity (Wildman–Crippen MR) is 80.5 cm³/mol. The molecule has 5 nitrogen and oxygen atoms in total. The van der Waals surface area contributed by atoms with E-state index in [1.165, 1.54) is 0 Å². The van der Waals surface area contributed by atoms with E-state index in [1.54, 1.807) is 4.90 Å². The van der Waals surface area contributed by atoms with Crippen LogP contribution in [0, 0.1) is 11.3 Å². The molecule has 1 saturated heterocycles. The largest absolute Gasteiger partial charge is 0.396 e. The highest BCUT2D eigenvalue weighted by atomic mass is 16.3. The van der Waals surface area contributed by atoms with Gasteiger partial charge in [-0.3, -0.25) is 9.59 Å². The van der Waals surface area contributed by atoms with E-state index in [-0.39, 0.29) is 41.8 Å². The highest BCUT2D eigenvalue weighted by molar-refractivity contribution is 5.90. The maximum atomic E-state index is 12.5. The Bertz CT molecular complexity index is 399. The molecule has 2 aliphatic rings. The van der Waals surface area contributed by atoms with E-state index >= 15 is 0 Å². The molecule has 21 heavy (non-hydrogen) atoms. The summed E-state index contributed by atoms with van der Waals surface area (Å²) in [5, 5.41) is 12.2. The zero-order chi connectivity index (χ0) is 15.6. The normalized spacial score (nSPS) is 24.0. The molecular weight excluding hydrogens is 268 g/mol. The van der Waals surface area contributed by atoms with Gasteiger partial charge < -0.3 is 15.3 Å². The molecule has 2 N–H and O–H groups in total. The first-order valence-electron chi connectivity index (χ1n) is 8.06. The van der Waals surface area contributed by atoms with Crippen molar-refractivity contribution in [1.82, 2.24) is 10.2 Å². The number of nitrogens with one attached hydrogen (secondary N) is 1. The second kappa shape index (κ2) is 6.34. The number of amides is 2. The molecule has 2 rings (SSSR count). The Morgan fingerprint density at radius 2 is 1.95 bits per heavy atom. The Labute approximate surface area is 127 Å². The number of carbonyl (C=O) groups is 2. The second-order valence-electron chi connectivity index (χ2n) is 7.40. The number of hydrogen-bond donors (Lipinski definition) is 2. The molecular formula is C16H28N2O3. The molecule has 0 aromatic rings. The molecule has 0 spiro atoms. The van der Waals surface area contributed by atoms with Crippen LogP contribution in [0.3, 0.4) is 0 Å². The van der Waals surface area contributed by atoms with Crippen LogP contribution in [0.1, 0.15) is 52.9 Å². The molecule has 120 valence electrons. The Balaban J connectivity index is 1.98. The Kier molecular flexibility index (Phi) is 4.91. The summed E-state index contributed by atoms with van der Waals surface area (Å²) in [5.41, 5.74) is -0.109. The van der Waals surface area contributed by atoms with Gasteiger partial charge in [0.2, 0.25) is 11.8 Å². The number of carbonyl (C=O) groups excluding carboxylic acids is 2. The summed E-state index contributed by atoms with van der Waals surface area (Å²) in [5.74, 6) is 0.256. The van der Waals surface area contributed by atoms with Crippen molar-refractivity contribution in [1.29, 1.82) is 0 Å². The molecule has 1 saturated carbocycles. The van der Waals surface area contributed by atoms with Gasteiger partial charge in [0.1, 0.15) is 6.04 Å². The molecule has 5 heteroatoms. The fraction of sp³-hybridized carbons (Fsp3) is 0.875. The number of aliphatic hydroxyl groups excluding tert-OH is 1. The summed E-state index contributed by atoms with van der Waals surface area (Å²) in [4.78, 5) is 26.6. The van der Waals surface area contributed by atoms with E-state index in [2.05, 4.69) is 26.1 Å². The summed E-state index contributed by atoms with van der Waals surface area (Å²) >= 11 is 0. The molecule has 2 amide bonds. The van der Waals surface area contributed by atoms with Crippen molar-refractivity contribution in [2.24, 2.45) is 11.3 Å². The van der Waals surface area contributed by atoms with Gasteiger partial charge in [-0.25, -0.2) is 0 Å². The van der Waals surface area contributed by atoms with Crippen molar-refractivity contribution in [3.63, 3.8) is 0 Å². The van der Waals surface area contributed by atoms with E-state index in [1.807, 2.05) is 0 Å². The number of likely N-dealkylation sites (tertiary alicyclic amines) is 1. The SMILES string of the molecule is CC(C)(C)C(CCO)NC(=O)C1CCCN1C(=O)C1CC1. The fourth-order valence-corrected chi connectivity index (χ4v) is 2.99. The molecule has 1 aliphatic heterocycles. The van der Waals surface area contributed by atoms with E-state index in [0.717, 1.165) is 25.7 Å². The molecule has 0 aromatic heterocycles. The summed E-state index contributed by atoms with van der Waals surface area (Å²) in [7, 11) is 0. The van der Waals surface area contributed by atoms with Gasteiger partial charge in [0.15, 0.2) is 0 Å². The van der Waals surface area contributed by atoms with Gasteiger partial charge in [-0.1, -0.05) is 20.8 Å². The van der Waals surface area contributed by atoms with Gasteiger partial charge in [-0.2, -0.15) is 0 Å². The molecule has 2 atom stereocenters. The number of hydrogen-bond acceptors (Lipinski definition) is 3. The molecule has 1 aliphatic carbocycles. The van der Waals surface area contributed by atoms with Gasteiger partial charge in [-0.15, -0.1) is 0 Å². The minimum Gasteiger partial charge on any atom is -0.396 e. The lowest BCUT2D eigenvalue weighted by atomic mass is 9.84. The third-order valence-electron chi connectivity index (χ3n) is 4.54. The van der Waals surface area contributed by atoms with Crippen molar-refractivity contribution in [2.75, 3.05) is 13.2 Å². The number of nitrogens with zero attached hydrogens (tertiary/aromatic N) is 1. The van der Waals surface area contributed by atoms with Crippen LogP contribution < -0.4 is 5.32 Å². The topological polar surface area (TPSA) is 69.6 Å². The standard InChI is InChI=1S/C16H28N2O3/c1-16(2,3)13(8-10-19)17-14(20)12-5-4-9-18(12)15(21)11-6-7-11/h11-13,19H,4-10H2,1-3H3,(H,17,20). The second-order valence-corrected chi connectivity index (χ2v) is 7.40. The van der Waals surface area contributed by atoms with E-state index in [4.69, 9.17) is 0 Å². The van der Waals surface area contributed by atoms with Crippen molar-refractivity contribution in [2.45, 2.75) is 65.0 Å². The first-order valence-corrected chi connectivity index (χ1v) is 8.06. The molecule has 2 unspecified atom stereocenters. The highest BCUT2D eigenvalue weighted by Gasteiger charge is 2.41. The third kappa shape index (κ3) is 3.96. The summed E-state index contributed by atoms with van der Waals surface area (Å²) in [6.45, 7) is 6.91. The smallest absolute Gasteiger partial charge is 0.243 e. The number of aliphatic hydroxyl groups is 1. The molecule has 0 aromatic carbocycles. The van der Waals surface area contributed by atoms with Gasteiger partial charge >= 0.3 is 0 Å². The van der Waals surface area contributed by atoms with Crippen LogP contribution in [-0.4, -0.2) is 47.1 Å². The minimum absolute atomic E-state index is 0.0532. The lowest BCUT2D eigenvalue weighted by molar-refractivity contribution is -0.140. The van der Waals surface area contributed by atoms with Crippen LogP contribution in [0.2, 0.25) is 0 Å². The maximum Gasteiger partial charge on any atom is 0.243 e. The van der Waals surface area contributed by atoms with Crippen LogP contribution in [0.5, 0.6) is 0 Å². The first-order chi connectivity index (χ1) is 9.84. The first kappa shape index (κ1) is 16.3. The summed E-state index contributed by atoms with van der Waals surface area (Å²) in [6.07, 6.45) is 4.13.